The van der Waals surface area contributed by atoms with Crippen LogP contribution in [-0.2, 0) is 19.3 Å². The Bertz CT molecular complexity index is 1170. The van der Waals surface area contributed by atoms with Crippen LogP contribution in [0.5, 0.6) is 11.5 Å². The number of fused-ring (bicyclic) bond motifs is 2. The van der Waals surface area contributed by atoms with Crippen molar-refractivity contribution in [1.29, 1.82) is 0 Å². The maximum atomic E-state index is 15.3. The maximum absolute atomic E-state index is 15.3. The number of halogens is 5. The third kappa shape index (κ3) is 3.58. The van der Waals surface area contributed by atoms with Crippen LogP contribution in [0.2, 0.25) is 0 Å². The maximum Gasteiger partial charge on any atom is 0.201 e. The molecule has 0 saturated heterocycles. The van der Waals surface area contributed by atoms with Crippen molar-refractivity contribution in [1.82, 2.24) is 0 Å². The Morgan fingerprint density at radius 3 is 1.94 bits per heavy atom. The molecule has 0 unspecified atom stereocenters. The molecular formula is C25H21F5O. The molecule has 0 aliphatic carbocycles. The molecule has 1 heterocycles. The second-order valence-corrected chi connectivity index (χ2v) is 7.75. The van der Waals surface area contributed by atoms with E-state index in [1.54, 1.807) is 0 Å². The minimum atomic E-state index is -1.17. The van der Waals surface area contributed by atoms with Gasteiger partial charge in [-0.05, 0) is 30.0 Å². The van der Waals surface area contributed by atoms with Crippen LogP contribution in [0, 0.1) is 29.1 Å². The van der Waals surface area contributed by atoms with Crippen molar-refractivity contribution in [2.75, 3.05) is 0 Å². The molecule has 3 aromatic carbocycles. The fourth-order valence-corrected chi connectivity index (χ4v) is 4.03. The number of benzene rings is 3. The third-order valence-electron chi connectivity index (χ3n) is 5.57. The molecule has 0 atom stereocenters. The fraction of sp³-hybridized carbons (Fsp3) is 0.280. The van der Waals surface area contributed by atoms with Gasteiger partial charge in [0.25, 0.3) is 0 Å². The van der Waals surface area contributed by atoms with E-state index in [2.05, 4.69) is 0 Å². The van der Waals surface area contributed by atoms with Gasteiger partial charge < -0.3 is 4.74 Å². The molecule has 0 bridgehead atoms. The Morgan fingerprint density at radius 1 is 0.645 bits per heavy atom. The van der Waals surface area contributed by atoms with Crippen molar-refractivity contribution in [2.24, 2.45) is 0 Å². The first kappa shape index (κ1) is 21.3. The largest absolute Gasteiger partial charge is 0.450 e. The van der Waals surface area contributed by atoms with Gasteiger partial charge in [0.1, 0.15) is 0 Å². The van der Waals surface area contributed by atoms with E-state index in [9.17, 15) is 17.6 Å². The van der Waals surface area contributed by atoms with Crippen LogP contribution in [0.25, 0.3) is 11.1 Å². The van der Waals surface area contributed by atoms with Crippen molar-refractivity contribution in [3.63, 3.8) is 0 Å². The fourth-order valence-electron chi connectivity index (χ4n) is 4.03. The van der Waals surface area contributed by atoms with Gasteiger partial charge in [0.05, 0.1) is 0 Å². The van der Waals surface area contributed by atoms with E-state index in [-0.39, 0.29) is 40.2 Å². The molecule has 4 rings (SSSR count). The predicted molar refractivity (Wildman–Crippen MR) is 109 cm³/mol. The smallest absolute Gasteiger partial charge is 0.201 e. The summed E-state index contributed by atoms with van der Waals surface area (Å²) in [5.74, 6) is -5.96. The van der Waals surface area contributed by atoms with Crippen LogP contribution in [-0.4, -0.2) is 0 Å². The lowest BCUT2D eigenvalue weighted by molar-refractivity contribution is 0.379. The molecule has 0 N–H and O–H groups in total. The second kappa shape index (κ2) is 8.33. The molecule has 6 heteroatoms. The molecule has 162 valence electrons. The molecule has 3 aromatic rings. The molecule has 0 spiro atoms. The van der Waals surface area contributed by atoms with E-state index < -0.39 is 29.1 Å². The molecule has 0 radical (unpaired) electrons. The summed E-state index contributed by atoms with van der Waals surface area (Å²) in [6.45, 7) is 3.70. The normalized spacial score (nSPS) is 12.4. The minimum Gasteiger partial charge on any atom is -0.450 e. The highest BCUT2D eigenvalue weighted by Crippen LogP contribution is 2.44. The van der Waals surface area contributed by atoms with Crippen LogP contribution in [0.15, 0.2) is 30.3 Å². The molecule has 1 aliphatic rings. The van der Waals surface area contributed by atoms with E-state index in [0.717, 1.165) is 0 Å². The highest BCUT2D eigenvalue weighted by atomic mass is 19.2. The number of aryl methyl sites for hydroxylation is 2. The van der Waals surface area contributed by atoms with Crippen LogP contribution < -0.4 is 4.74 Å². The highest BCUT2D eigenvalue weighted by Gasteiger charge is 2.29. The Hall–Kier alpha value is -2.89. The highest BCUT2D eigenvalue weighted by molar-refractivity contribution is 5.69. The first-order valence-corrected chi connectivity index (χ1v) is 10.3. The van der Waals surface area contributed by atoms with E-state index in [4.69, 9.17) is 4.74 Å². The van der Waals surface area contributed by atoms with Crippen LogP contribution in [0.3, 0.4) is 0 Å². The van der Waals surface area contributed by atoms with Crippen molar-refractivity contribution in [3.05, 3.63) is 81.7 Å². The number of hydrogen-bond donors (Lipinski definition) is 0. The summed E-state index contributed by atoms with van der Waals surface area (Å²) in [5.41, 5.74) is 0.844. The van der Waals surface area contributed by atoms with Crippen LogP contribution in [0.1, 0.15) is 48.9 Å². The van der Waals surface area contributed by atoms with Gasteiger partial charge in [-0.1, -0.05) is 51.0 Å². The lowest BCUT2D eigenvalue weighted by Gasteiger charge is -2.23. The summed E-state index contributed by atoms with van der Waals surface area (Å²) in [5, 5.41) is 0. The summed E-state index contributed by atoms with van der Waals surface area (Å²) >= 11 is 0. The lowest BCUT2D eigenvalue weighted by atomic mass is 9.93. The Morgan fingerprint density at radius 2 is 1.23 bits per heavy atom. The van der Waals surface area contributed by atoms with Gasteiger partial charge in [-0.15, -0.1) is 0 Å². The quantitative estimate of drug-likeness (QED) is 0.294. The molecule has 0 saturated carbocycles. The summed E-state index contributed by atoms with van der Waals surface area (Å²) in [6.07, 6.45) is 2.15. The van der Waals surface area contributed by atoms with E-state index in [1.807, 2.05) is 13.8 Å². The lowest BCUT2D eigenvalue weighted by Crippen LogP contribution is -2.10. The summed E-state index contributed by atoms with van der Waals surface area (Å²) in [7, 11) is 0. The van der Waals surface area contributed by atoms with Crippen LogP contribution in [0.4, 0.5) is 22.0 Å². The van der Waals surface area contributed by atoms with Gasteiger partial charge in [0.15, 0.2) is 34.8 Å². The zero-order valence-electron chi connectivity index (χ0n) is 17.2. The zero-order valence-corrected chi connectivity index (χ0v) is 17.2. The number of rotatable bonds is 5. The van der Waals surface area contributed by atoms with Crippen molar-refractivity contribution >= 4 is 0 Å². The third-order valence-corrected chi connectivity index (χ3v) is 5.57. The van der Waals surface area contributed by atoms with Crippen molar-refractivity contribution in [3.8, 4) is 22.6 Å². The molecule has 1 nitrogen and oxygen atoms in total. The molecule has 0 aromatic heterocycles. The Balaban J connectivity index is 1.79. The zero-order chi connectivity index (χ0) is 22.3. The monoisotopic (exact) mass is 432 g/mol. The first-order chi connectivity index (χ1) is 14.9. The second-order valence-electron chi connectivity index (χ2n) is 7.75. The van der Waals surface area contributed by atoms with Crippen LogP contribution >= 0.6 is 0 Å². The molecule has 0 fully saturated rings. The Labute approximate surface area is 177 Å². The van der Waals surface area contributed by atoms with E-state index in [0.29, 0.717) is 36.8 Å². The van der Waals surface area contributed by atoms with Gasteiger partial charge in [0, 0.05) is 28.7 Å². The number of ether oxygens (including phenoxy) is 1. The minimum absolute atomic E-state index is 0.141. The summed E-state index contributed by atoms with van der Waals surface area (Å²) in [4.78, 5) is 0. The standard InChI is InChI=1S/C25H21F5O/c1-3-5-13-7-9-17(21(28)19(13)26)18-10-8-15-12-16-11-14(6-4-2)20(27)23(30)25(16)31-24(15)22(18)29/h7-11H,3-6,12H2,1-2H3. The van der Waals surface area contributed by atoms with Gasteiger partial charge in [0.2, 0.25) is 5.82 Å². The van der Waals surface area contributed by atoms with Gasteiger partial charge >= 0.3 is 0 Å². The topological polar surface area (TPSA) is 9.23 Å². The average Bonchev–Trinajstić information content (AvgIpc) is 2.76. The summed E-state index contributed by atoms with van der Waals surface area (Å²) < 4.78 is 78.8. The summed E-state index contributed by atoms with van der Waals surface area (Å²) in [6, 6.07) is 7.17. The van der Waals surface area contributed by atoms with Gasteiger partial charge in [-0.2, -0.15) is 4.39 Å². The van der Waals surface area contributed by atoms with Crippen molar-refractivity contribution in [2.45, 2.75) is 46.0 Å². The molecular weight excluding hydrogens is 411 g/mol. The van der Waals surface area contributed by atoms with E-state index >= 15 is 4.39 Å². The molecule has 1 aliphatic heterocycles. The number of hydrogen-bond acceptors (Lipinski definition) is 1. The predicted octanol–water partition coefficient (Wildman–Crippen LogP) is 7.65. The van der Waals surface area contributed by atoms with Crippen molar-refractivity contribution < 1.29 is 26.7 Å². The average molecular weight is 432 g/mol. The van der Waals surface area contributed by atoms with Gasteiger partial charge in [-0.3, -0.25) is 0 Å². The SMILES string of the molecule is CCCc1ccc(-c2ccc3c(c2F)Oc2c(cc(CCC)c(F)c2F)C3)c(F)c1F. The van der Waals surface area contributed by atoms with Gasteiger partial charge in [-0.25, -0.2) is 17.6 Å². The molecule has 0 amide bonds. The Kier molecular flexibility index (Phi) is 5.73. The molecule has 31 heavy (non-hydrogen) atoms. The first-order valence-electron chi connectivity index (χ1n) is 10.3. The van der Waals surface area contributed by atoms with E-state index in [1.165, 1.54) is 30.3 Å².